The third kappa shape index (κ3) is 4.98. The number of hydrogen-bond acceptors (Lipinski definition) is 6. The predicted octanol–water partition coefficient (Wildman–Crippen LogP) is 2.65. The lowest BCUT2D eigenvalue weighted by molar-refractivity contribution is -0.139. The zero-order valence-corrected chi connectivity index (χ0v) is 16.3. The third-order valence-corrected chi connectivity index (χ3v) is 4.35. The molecule has 1 saturated heterocycles. The lowest BCUT2D eigenvalue weighted by atomic mass is 10.1. The van der Waals surface area contributed by atoms with Crippen LogP contribution in [0.4, 0.5) is 4.79 Å². The first-order chi connectivity index (χ1) is 13.2. The molecule has 2 aromatic rings. The highest BCUT2D eigenvalue weighted by molar-refractivity contribution is 5.81. The lowest BCUT2D eigenvalue weighted by Gasteiger charge is -2.23. The molecule has 2 N–H and O–H groups in total. The van der Waals surface area contributed by atoms with Crippen LogP contribution in [-0.2, 0) is 20.7 Å². The molecule has 3 heterocycles. The first-order valence-corrected chi connectivity index (χ1v) is 9.39. The van der Waals surface area contributed by atoms with Crippen LogP contribution in [0.5, 0.6) is 0 Å². The summed E-state index contributed by atoms with van der Waals surface area (Å²) in [6.07, 6.45) is 5.52. The van der Waals surface area contributed by atoms with E-state index in [1.54, 1.807) is 37.8 Å². The number of alkyl carbamates (subject to hydrolysis) is 1. The Labute approximate surface area is 163 Å². The van der Waals surface area contributed by atoms with E-state index >= 15 is 0 Å². The van der Waals surface area contributed by atoms with Gasteiger partial charge in [-0.05, 0) is 51.7 Å². The highest BCUT2D eigenvalue weighted by atomic mass is 16.6. The molecule has 1 unspecified atom stereocenters. The smallest absolute Gasteiger partial charge is 0.408 e. The predicted molar refractivity (Wildman–Crippen MR) is 101 cm³/mol. The summed E-state index contributed by atoms with van der Waals surface area (Å²) >= 11 is 0. The number of aliphatic carboxylic acids is 1. The van der Waals surface area contributed by atoms with Gasteiger partial charge in [-0.1, -0.05) is 0 Å². The van der Waals surface area contributed by atoms with Crippen LogP contribution >= 0.6 is 0 Å². The molecule has 0 aliphatic carbocycles. The van der Waals surface area contributed by atoms with Crippen molar-refractivity contribution in [1.29, 1.82) is 0 Å². The highest BCUT2D eigenvalue weighted by Crippen LogP contribution is 2.25. The van der Waals surface area contributed by atoms with Gasteiger partial charge in [-0.15, -0.1) is 0 Å². The second-order valence-corrected chi connectivity index (χ2v) is 7.91. The molecule has 2 atom stereocenters. The number of hydrogen-bond donors (Lipinski definition) is 2. The van der Waals surface area contributed by atoms with Gasteiger partial charge in [0, 0.05) is 24.6 Å². The molecular weight excluding hydrogens is 364 g/mol. The summed E-state index contributed by atoms with van der Waals surface area (Å²) in [7, 11) is 0. The van der Waals surface area contributed by atoms with Crippen molar-refractivity contribution in [3.05, 3.63) is 24.0 Å². The number of fused-ring (bicyclic) bond motifs is 1. The van der Waals surface area contributed by atoms with Gasteiger partial charge in [0.2, 0.25) is 0 Å². The average molecular weight is 390 g/mol. The number of carbonyl (C=O) groups is 2. The molecule has 0 radical (unpaired) electrons. The summed E-state index contributed by atoms with van der Waals surface area (Å²) in [5.41, 5.74) is 0.673. The van der Waals surface area contributed by atoms with E-state index < -0.39 is 23.7 Å². The Balaban J connectivity index is 1.73. The van der Waals surface area contributed by atoms with Crippen molar-refractivity contribution in [1.82, 2.24) is 20.1 Å². The Morgan fingerprint density at radius 3 is 2.82 bits per heavy atom. The van der Waals surface area contributed by atoms with E-state index in [4.69, 9.17) is 9.47 Å². The van der Waals surface area contributed by atoms with Gasteiger partial charge in [0.05, 0.1) is 6.20 Å². The quantitative estimate of drug-likeness (QED) is 0.806. The minimum absolute atomic E-state index is 0.0859. The normalized spacial score (nSPS) is 18.6. The largest absolute Gasteiger partial charge is 0.480 e. The molecule has 2 aromatic heterocycles. The van der Waals surface area contributed by atoms with Crippen molar-refractivity contribution in [2.45, 2.75) is 64.3 Å². The minimum atomic E-state index is -1.14. The molecule has 3 rings (SSSR count). The standard InChI is InChI=1S/C19H26N4O5/c1-19(2,3)28-18(26)22-14(17(24)25)9-12-8-13-11-21-23(16(13)20-10-12)15-6-4-5-7-27-15/h8,10-11,14-15H,4-7,9H2,1-3H3,(H,22,26)(H,24,25)/t14-,15?/m0/s1. The Morgan fingerprint density at radius 1 is 1.39 bits per heavy atom. The number of amides is 1. The Hall–Kier alpha value is -2.68. The van der Waals surface area contributed by atoms with Crippen LogP contribution in [0.1, 0.15) is 51.8 Å². The van der Waals surface area contributed by atoms with E-state index in [2.05, 4.69) is 15.4 Å². The zero-order chi connectivity index (χ0) is 20.3. The maximum Gasteiger partial charge on any atom is 0.408 e. The van der Waals surface area contributed by atoms with E-state index in [0.717, 1.165) is 24.6 Å². The first kappa shape index (κ1) is 20.1. The number of nitrogens with one attached hydrogen (secondary N) is 1. The van der Waals surface area contributed by atoms with Crippen LogP contribution in [0, 0.1) is 0 Å². The fourth-order valence-electron chi connectivity index (χ4n) is 3.11. The van der Waals surface area contributed by atoms with Gasteiger partial charge in [-0.2, -0.15) is 5.10 Å². The van der Waals surface area contributed by atoms with Crippen LogP contribution in [0.15, 0.2) is 18.5 Å². The maximum atomic E-state index is 11.9. The van der Waals surface area contributed by atoms with Crippen LogP contribution in [-0.4, -0.2) is 50.2 Å². The fourth-order valence-corrected chi connectivity index (χ4v) is 3.11. The van der Waals surface area contributed by atoms with E-state index in [-0.39, 0.29) is 12.6 Å². The Bertz CT molecular complexity index is 852. The van der Waals surface area contributed by atoms with Crippen LogP contribution in [0.3, 0.4) is 0 Å². The number of carboxylic acids is 1. The molecule has 1 amide bonds. The van der Waals surface area contributed by atoms with E-state index in [0.29, 0.717) is 17.8 Å². The van der Waals surface area contributed by atoms with E-state index in [1.165, 1.54) is 0 Å². The molecule has 1 aliphatic heterocycles. The summed E-state index contributed by atoms with van der Waals surface area (Å²) in [6.45, 7) is 5.86. The van der Waals surface area contributed by atoms with Gasteiger partial charge in [0.25, 0.3) is 0 Å². The summed E-state index contributed by atoms with van der Waals surface area (Å²) < 4.78 is 12.7. The number of pyridine rings is 1. The molecule has 0 aromatic carbocycles. The molecule has 0 spiro atoms. The van der Waals surface area contributed by atoms with Crippen LogP contribution in [0.25, 0.3) is 11.0 Å². The number of nitrogens with zero attached hydrogens (tertiary/aromatic N) is 3. The van der Waals surface area contributed by atoms with Crippen molar-refractivity contribution < 1.29 is 24.2 Å². The second kappa shape index (κ2) is 8.14. The van der Waals surface area contributed by atoms with Crippen LogP contribution in [0.2, 0.25) is 0 Å². The van der Waals surface area contributed by atoms with Crippen molar-refractivity contribution in [3.8, 4) is 0 Å². The van der Waals surface area contributed by atoms with Crippen molar-refractivity contribution in [3.63, 3.8) is 0 Å². The molecule has 1 fully saturated rings. The van der Waals surface area contributed by atoms with Gasteiger partial charge < -0.3 is 19.9 Å². The lowest BCUT2D eigenvalue weighted by Crippen LogP contribution is -2.44. The number of carboxylic acid groups (broad SMARTS) is 1. The van der Waals surface area contributed by atoms with E-state index in [9.17, 15) is 14.7 Å². The Morgan fingerprint density at radius 2 is 2.18 bits per heavy atom. The van der Waals surface area contributed by atoms with Gasteiger partial charge in [0.1, 0.15) is 11.6 Å². The second-order valence-electron chi connectivity index (χ2n) is 7.91. The van der Waals surface area contributed by atoms with Gasteiger partial charge in [0.15, 0.2) is 11.9 Å². The van der Waals surface area contributed by atoms with Gasteiger partial charge >= 0.3 is 12.1 Å². The SMILES string of the molecule is CC(C)(C)OC(=O)N[C@@H](Cc1cnc2c(cnn2C2CCCCO2)c1)C(=O)O. The maximum absolute atomic E-state index is 11.9. The molecule has 28 heavy (non-hydrogen) atoms. The van der Waals surface area contributed by atoms with Gasteiger partial charge in [-0.3, -0.25) is 0 Å². The van der Waals surface area contributed by atoms with Gasteiger partial charge in [-0.25, -0.2) is 19.3 Å². The Kier molecular flexibility index (Phi) is 5.83. The summed E-state index contributed by atoms with van der Waals surface area (Å²) in [5, 5.41) is 17.0. The molecule has 0 saturated carbocycles. The molecular formula is C19H26N4O5. The van der Waals surface area contributed by atoms with Crippen molar-refractivity contribution in [2.75, 3.05) is 6.61 Å². The summed E-state index contributed by atoms with van der Waals surface area (Å²) in [5.74, 6) is -1.14. The number of ether oxygens (including phenoxy) is 2. The number of rotatable bonds is 5. The number of aromatic nitrogens is 3. The number of carbonyl (C=O) groups excluding carboxylic acids is 1. The average Bonchev–Trinajstić information content (AvgIpc) is 3.03. The fraction of sp³-hybridized carbons (Fsp3) is 0.579. The van der Waals surface area contributed by atoms with Crippen molar-refractivity contribution >= 4 is 23.1 Å². The topological polar surface area (TPSA) is 116 Å². The summed E-state index contributed by atoms with van der Waals surface area (Å²) in [6, 6.07) is 0.715. The van der Waals surface area contributed by atoms with Crippen LogP contribution < -0.4 is 5.32 Å². The summed E-state index contributed by atoms with van der Waals surface area (Å²) in [4.78, 5) is 27.9. The highest BCUT2D eigenvalue weighted by Gasteiger charge is 2.25. The molecule has 9 nitrogen and oxygen atoms in total. The molecule has 0 bridgehead atoms. The molecule has 1 aliphatic rings. The van der Waals surface area contributed by atoms with Crippen molar-refractivity contribution in [2.24, 2.45) is 0 Å². The zero-order valence-electron chi connectivity index (χ0n) is 16.3. The molecule has 9 heteroatoms. The monoisotopic (exact) mass is 390 g/mol. The first-order valence-electron chi connectivity index (χ1n) is 9.39. The third-order valence-electron chi connectivity index (χ3n) is 4.35. The molecule has 152 valence electrons. The minimum Gasteiger partial charge on any atom is -0.480 e. The van der Waals surface area contributed by atoms with E-state index in [1.807, 2.05) is 6.07 Å².